The van der Waals surface area contributed by atoms with Crippen molar-refractivity contribution in [3.8, 4) is 0 Å². The van der Waals surface area contributed by atoms with Gasteiger partial charge < -0.3 is 4.90 Å². The number of hydrogen-bond acceptors (Lipinski definition) is 5. The van der Waals surface area contributed by atoms with E-state index in [9.17, 15) is 9.59 Å². The smallest absolute Gasteiger partial charge is 0.256 e. The summed E-state index contributed by atoms with van der Waals surface area (Å²) in [5.74, 6) is 0.390. The molecule has 0 spiro atoms. The van der Waals surface area contributed by atoms with E-state index in [2.05, 4.69) is 20.4 Å². The first-order chi connectivity index (χ1) is 12.6. The average molecular weight is 352 g/mol. The van der Waals surface area contributed by atoms with Crippen LogP contribution in [-0.2, 0) is 6.54 Å². The second kappa shape index (κ2) is 6.70. The van der Waals surface area contributed by atoms with Gasteiger partial charge >= 0.3 is 0 Å². The second-order valence-corrected chi connectivity index (χ2v) is 6.80. The zero-order chi connectivity index (χ0) is 18.1. The Morgan fingerprint density at radius 2 is 2.00 bits per heavy atom. The summed E-state index contributed by atoms with van der Waals surface area (Å²) in [4.78, 5) is 30.8. The summed E-state index contributed by atoms with van der Waals surface area (Å²) in [6, 6.07) is 5.36. The maximum Gasteiger partial charge on any atom is 0.256 e. The number of nitrogens with zero attached hydrogens (tertiary/aromatic N) is 5. The van der Waals surface area contributed by atoms with E-state index in [-0.39, 0.29) is 11.5 Å². The molecule has 26 heavy (non-hydrogen) atoms. The Bertz CT molecular complexity index is 1000. The highest BCUT2D eigenvalue weighted by Gasteiger charge is 2.24. The number of aromatic amines is 1. The highest BCUT2D eigenvalue weighted by atomic mass is 16.2. The highest BCUT2D eigenvalue weighted by molar-refractivity contribution is 5.97. The van der Waals surface area contributed by atoms with E-state index in [0.29, 0.717) is 42.2 Å². The van der Waals surface area contributed by atoms with Gasteiger partial charge in [0.05, 0.1) is 6.33 Å². The van der Waals surface area contributed by atoms with Gasteiger partial charge in [0.15, 0.2) is 0 Å². The molecule has 4 rings (SSSR count). The van der Waals surface area contributed by atoms with Crippen molar-refractivity contribution in [1.82, 2.24) is 29.9 Å². The second-order valence-electron chi connectivity index (χ2n) is 6.80. The zero-order valence-corrected chi connectivity index (χ0v) is 14.6. The number of fused-ring (bicyclic) bond motifs is 1. The predicted molar refractivity (Wildman–Crippen MR) is 95.8 cm³/mol. The van der Waals surface area contributed by atoms with Gasteiger partial charge in [-0.15, -0.1) is 0 Å². The molecule has 2 aromatic heterocycles. The third-order valence-electron chi connectivity index (χ3n) is 4.99. The number of H-pyrrole nitrogens is 1. The van der Waals surface area contributed by atoms with Gasteiger partial charge in [0.1, 0.15) is 11.0 Å². The molecule has 1 saturated heterocycles. The van der Waals surface area contributed by atoms with Crippen molar-refractivity contribution >= 4 is 16.9 Å². The summed E-state index contributed by atoms with van der Waals surface area (Å²) >= 11 is 0. The fourth-order valence-electron chi connectivity index (χ4n) is 3.44. The molecular formula is C18H20N6O2. The summed E-state index contributed by atoms with van der Waals surface area (Å²) < 4.78 is 1.68. The summed E-state index contributed by atoms with van der Waals surface area (Å²) in [7, 11) is 0. The van der Waals surface area contributed by atoms with E-state index >= 15 is 0 Å². The van der Waals surface area contributed by atoms with Crippen molar-refractivity contribution in [1.29, 1.82) is 0 Å². The number of hydrogen-bond donors (Lipinski definition) is 1. The maximum absolute atomic E-state index is 12.7. The molecule has 8 heteroatoms. The van der Waals surface area contributed by atoms with Gasteiger partial charge in [-0.3, -0.25) is 14.2 Å². The van der Waals surface area contributed by atoms with Crippen molar-refractivity contribution in [3.63, 3.8) is 0 Å². The van der Waals surface area contributed by atoms with Crippen LogP contribution in [0.3, 0.4) is 0 Å². The zero-order valence-electron chi connectivity index (χ0n) is 14.6. The van der Waals surface area contributed by atoms with Crippen molar-refractivity contribution < 1.29 is 4.79 Å². The van der Waals surface area contributed by atoms with Crippen LogP contribution in [0.1, 0.15) is 28.8 Å². The van der Waals surface area contributed by atoms with Crippen LogP contribution in [0.25, 0.3) is 11.0 Å². The van der Waals surface area contributed by atoms with Crippen LogP contribution in [0.2, 0.25) is 0 Å². The van der Waals surface area contributed by atoms with E-state index in [1.165, 1.54) is 0 Å². The molecule has 3 heterocycles. The van der Waals surface area contributed by atoms with Gasteiger partial charge in [-0.25, -0.2) is 4.98 Å². The molecule has 0 atom stereocenters. The van der Waals surface area contributed by atoms with E-state index in [1.807, 2.05) is 4.90 Å². The van der Waals surface area contributed by atoms with Crippen LogP contribution in [0.15, 0.2) is 35.5 Å². The molecule has 1 amide bonds. The first kappa shape index (κ1) is 16.4. The summed E-state index contributed by atoms with van der Waals surface area (Å²) in [5, 5.41) is 10.6. The topological polar surface area (TPSA) is 96.8 Å². The van der Waals surface area contributed by atoms with Gasteiger partial charge in [0, 0.05) is 37.0 Å². The van der Waals surface area contributed by atoms with Crippen molar-refractivity contribution in [2.24, 2.45) is 5.92 Å². The lowest BCUT2D eigenvalue weighted by Gasteiger charge is -2.32. The molecule has 134 valence electrons. The number of carbonyl (C=O) groups is 1. The number of aryl methyl sites for hydroxylation is 1. The van der Waals surface area contributed by atoms with Gasteiger partial charge in [0.2, 0.25) is 0 Å². The molecule has 0 radical (unpaired) electrons. The fraction of sp³-hybridized carbons (Fsp3) is 0.389. The van der Waals surface area contributed by atoms with Crippen LogP contribution in [0.4, 0.5) is 0 Å². The summed E-state index contributed by atoms with van der Waals surface area (Å²) in [5.41, 5.74) is 2.74. The third kappa shape index (κ3) is 3.10. The minimum absolute atomic E-state index is 0.0134. The van der Waals surface area contributed by atoms with Crippen molar-refractivity contribution in [3.05, 3.63) is 52.2 Å². The largest absolute Gasteiger partial charge is 0.339 e. The minimum atomic E-state index is 0.0134. The molecule has 1 aliphatic heterocycles. The van der Waals surface area contributed by atoms with E-state index in [4.69, 9.17) is 0 Å². The Morgan fingerprint density at radius 1 is 1.23 bits per heavy atom. The van der Waals surface area contributed by atoms with Gasteiger partial charge in [-0.2, -0.15) is 15.4 Å². The molecule has 0 bridgehead atoms. The molecule has 1 fully saturated rings. The quantitative estimate of drug-likeness (QED) is 0.768. The predicted octanol–water partition coefficient (Wildman–Crippen LogP) is 1.38. The van der Waals surface area contributed by atoms with Gasteiger partial charge in [0.25, 0.3) is 11.5 Å². The standard InChI is InChI=1S/C18H20N6O2/c1-12-9-19-11-24(17(12)25)10-13-4-6-23(7-5-13)18(26)14-2-3-15-16(8-14)21-22-20-15/h2-3,8-9,11,13H,4-7,10H2,1H3,(H,20,21,22). The Balaban J connectivity index is 1.40. The van der Waals surface area contributed by atoms with E-state index in [0.717, 1.165) is 18.4 Å². The fourth-order valence-corrected chi connectivity index (χ4v) is 3.44. The highest BCUT2D eigenvalue weighted by Crippen LogP contribution is 2.21. The first-order valence-corrected chi connectivity index (χ1v) is 8.72. The molecule has 1 aromatic carbocycles. The summed E-state index contributed by atoms with van der Waals surface area (Å²) in [6.45, 7) is 3.81. The lowest BCUT2D eigenvalue weighted by molar-refractivity contribution is 0.0682. The van der Waals surface area contributed by atoms with E-state index in [1.54, 1.807) is 42.2 Å². The molecule has 0 aliphatic carbocycles. The number of amides is 1. The summed E-state index contributed by atoms with van der Waals surface area (Å²) in [6.07, 6.45) is 4.93. The SMILES string of the molecule is Cc1cncn(CC2CCN(C(=O)c3ccc4n[nH]nc4c3)CC2)c1=O. The monoisotopic (exact) mass is 352 g/mol. The first-order valence-electron chi connectivity index (χ1n) is 8.72. The number of carbonyl (C=O) groups excluding carboxylic acids is 1. The molecule has 8 nitrogen and oxygen atoms in total. The van der Waals surface area contributed by atoms with Crippen molar-refractivity contribution in [2.45, 2.75) is 26.3 Å². The van der Waals surface area contributed by atoms with Crippen LogP contribution >= 0.6 is 0 Å². The molecule has 1 N–H and O–H groups in total. The minimum Gasteiger partial charge on any atom is -0.339 e. The van der Waals surface area contributed by atoms with Crippen LogP contribution in [-0.4, -0.2) is 48.9 Å². The Labute approximate surface area is 149 Å². The van der Waals surface area contributed by atoms with E-state index < -0.39 is 0 Å². The maximum atomic E-state index is 12.7. The number of nitrogens with one attached hydrogen (secondary N) is 1. The van der Waals surface area contributed by atoms with Crippen LogP contribution in [0.5, 0.6) is 0 Å². The normalized spacial score (nSPS) is 15.5. The number of aromatic nitrogens is 5. The molecular weight excluding hydrogens is 332 g/mol. The molecule has 0 unspecified atom stereocenters. The third-order valence-corrected chi connectivity index (χ3v) is 4.99. The molecule has 3 aromatic rings. The Hall–Kier alpha value is -3.03. The lowest BCUT2D eigenvalue weighted by atomic mass is 9.96. The van der Waals surface area contributed by atoms with Gasteiger partial charge in [-0.1, -0.05) is 0 Å². The number of likely N-dealkylation sites (tertiary alicyclic amines) is 1. The molecule has 1 aliphatic rings. The average Bonchev–Trinajstić information content (AvgIpc) is 3.13. The van der Waals surface area contributed by atoms with Gasteiger partial charge in [-0.05, 0) is 43.9 Å². The van der Waals surface area contributed by atoms with Crippen molar-refractivity contribution in [2.75, 3.05) is 13.1 Å². The Morgan fingerprint density at radius 3 is 2.81 bits per heavy atom. The lowest BCUT2D eigenvalue weighted by Crippen LogP contribution is -2.40. The Kier molecular flexibility index (Phi) is 4.24. The number of rotatable bonds is 3. The van der Waals surface area contributed by atoms with Crippen LogP contribution < -0.4 is 5.56 Å². The van der Waals surface area contributed by atoms with Crippen LogP contribution in [0, 0.1) is 12.8 Å². The number of benzene rings is 1. The molecule has 0 saturated carbocycles. The number of piperidine rings is 1.